The fourth-order valence-electron chi connectivity index (χ4n) is 4.25. The van der Waals surface area contributed by atoms with E-state index in [1.807, 2.05) is 38.1 Å². The van der Waals surface area contributed by atoms with Gasteiger partial charge in [-0.3, -0.25) is 4.79 Å². The predicted molar refractivity (Wildman–Crippen MR) is 125 cm³/mol. The van der Waals surface area contributed by atoms with Crippen molar-refractivity contribution in [3.05, 3.63) is 75.0 Å². The SMILES string of the molecule is CCNC(=O)C1=C(C)N=c2[nH]c(=Cc3ccc(C)[nH]3)c(O)c2C1c1cc(OC)ccc1OC. The molecule has 0 saturated carbocycles. The average molecular weight is 449 g/mol. The van der Waals surface area contributed by atoms with Gasteiger partial charge in [0.2, 0.25) is 5.91 Å². The number of methoxy groups -OCH3 is 2. The van der Waals surface area contributed by atoms with Gasteiger partial charge < -0.3 is 29.9 Å². The second-order valence-electron chi connectivity index (χ2n) is 7.90. The standard InChI is InChI=1S/C25H28N4O4/c1-6-26-25(31)20-14(3)28-24-22(21(20)17-12-16(32-4)9-10-19(17)33-5)23(30)18(29-24)11-15-8-7-13(2)27-15/h7-12,21,27,30H,6H2,1-5H3,(H,26,31)(H,28,29). The number of aromatic hydroxyl groups is 1. The molecule has 1 amide bonds. The lowest BCUT2D eigenvalue weighted by Crippen LogP contribution is -2.32. The number of aromatic nitrogens is 2. The first kappa shape index (κ1) is 22.3. The molecule has 0 spiro atoms. The Balaban J connectivity index is 2.01. The van der Waals surface area contributed by atoms with Gasteiger partial charge in [-0.15, -0.1) is 0 Å². The highest BCUT2D eigenvalue weighted by Gasteiger charge is 2.36. The van der Waals surface area contributed by atoms with E-state index in [-0.39, 0.29) is 11.7 Å². The van der Waals surface area contributed by atoms with E-state index in [1.165, 1.54) is 0 Å². The maximum atomic E-state index is 13.2. The highest BCUT2D eigenvalue weighted by Crippen LogP contribution is 2.42. The van der Waals surface area contributed by atoms with E-state index in [1.54, 1.807) is 33.3 Å². The molecule has 3 aromatic rings. The largest absolute Gasteiger partial charge is 0.505 e. The van der Waals surface area contributed by atoms with E-state index in [0.717, 1.165) is 11.4 Å². The summed E-state index contributed by atoms with van der Waals surface area (Å²) in [5, 5.41) is 14.7. The Hall–Kier alpha value is -3.94. The molecule has 0 aliphatic carbocycles. The Labute approximate surface area is 191 Å². The van der Waals surface area contributed by atoms with E-state index in [9.17, 15) is 9.90 Å². The number of aryl methyl sites for hydroxylation is 1. The normalized spacial score (nSPS) is 15.8. The third kappa shape index (κ3) is 4.00. The summed E-state index contributed by atoms with van der Waals surface area (Å²) in [6.07, 6.45) is 1.82. The van der Waals surface area contributed by atoms with E-state index in [4.69, 9.17) is 9.47 Å². The molecule has 172 valence electrons. The van der Waals surface area contributed by atoms with Crippen LogP contribution in [0.5, 0.6) is 17.2 Å². The molecule has 1 atom stereocenters. The second kappa shape index (κ2) is 8.90. The smallest absolute Gasteiger partial charge is 0.250 e. The molecule has 3 heterocycles. The number of nitrogens with one attached hydrogen (secondary N) is 3. The quantitative estimate of drug-likeness (QED) is 0.464. The lowest BCUT2D eigenvalue weighted by molar-refractivity contribution is -0.117. The van der Waals surface area contributed by atoms with Gasteiger partial charge in [-0.05, 0) is 57.2 Å². The molecule has 1 unspecified atom stereocenters. The first-order chi connectivity index (χ1) is 15.9. The summed E-state index contributed by atoms with van der Waals surface area (Å²) >= 11 is 0. The van der Waals surface area contributed by atoms with Crippen LogP contribution >= 0.6 is 0 Å². The number of carbonyl (C=O) groups is 1. The minimum atomic E-state index is -0.613. The minimum absolute atomic E-state index is 0.0326. The topological polar surface area (TPSA) is 112 Å². The summed E-state index contributed by atoms with van der Waals surface area (Å²) in [5.41, 5.74) is 4.58. The van der Waals surface area contributed by atoms with E-state index < -0.39 is 5.92 Å². The van der Waals surface area contributed by atoms with Gasteiger partial charge in [-0.2, -0.15) is 0 Å². The van der Waals surface area contributed by atoms with Crippen molar-refractivity contribution in [2.24, 2.45) is 4.99 Å². The van der Waals surface area contributed by atoms with Gasteiger partial charge in [-0.1, -0.05) is 0 Å². The zero-order chi connectivity index (χ0) is 23.7. The van der Waals surface area contributed by atoms with Crippen molar-refractivity contribution in [2.45, 2.75) is 26.7 Å². The van der Waals surface area contributed by atoms with Gasteiger partial charge in [0, 0.05) is 29.2 Å². The van der Waals surface area contributed by atoms with E-state index in [2.05, 4.69) is 20.3 Å². The fraction of sp³-hybridized carbons (Fsp3) is 0.280. The highest BCUT2D eigenvalue weighted by molar-refractivity contribution is 5.97. The zero-order valence-electron chi connectivity index (χ0n) is 19.4. The number of allylic oxidation sites excluding steroid dienone is 1. The van der Waals surface area contributed by atoms with Crippen LogP contribution in [0.4, 0.5) is 0 Å². The molecular formula is C25H28N4O4. The molecule has 0 fully saturated rings. The molecule has 8 heteroatoms. The van der Waals surface area contributed by atoms with Crippen LogP contribution in [0.3, 0.4) is 0 Å². The number of hydrogen-bond donors (Lipinski definition) is 4. The predicted octanol–water partition coefficient (Wildman–Crippen LogP) is 2.38. The molecule has 0 saturated heterocycles. The highest BCUT2D eigenvalue weighted by atomic mass is 16.5. The molecule has 4 rings (SSSR count). The molecule has 1 aliphatic rings. The summed E-state index contributed by atoms with van der Waals surface area (Å²) in [5.74, 6) is 0.370. The van der Waals surface area contributed by atoms with Crippen LogP contribution < -0.4 is 25.6 Å². The number of amides is 1. The minimum Gasteiger partial charge on any atom is -0.505 e. The number of carbonyl (C=O) groups excluding carboxylic acids is 1. The van der Waals surface area contributed by atoms with E-state index in [0.29, 0.717) is 51.3 Å². The maximum absolute atomic E-state index is 13.2. The summed E-state index contributed by atoms with van der Waals surface area (Å²) in [4.78, 5) is 24.2. The van der Waals surface area contributed by atoms with Gasteiger partial charge in [0.15, 0.2) is 0 Å². The van der Waals surface area contributed by atoms with Crippen molar-refractivity contribution in [3.8, 4) is 17.2 Å². The Kier molecular flexibility index (Phi) is 6.00. The number of ether oxygens (including phenoxy) is 2. The summed E-state index contributed by atoms with van der Waals surface area (Å²) in [6.45, 7) is 6.08. The number of aromatic amines is 2. The third-order valence-corrected chi connectivity index (χ3v) is 5.75. The molecule has 2 aromatic heterocycles. The van der Waals surface area contributed by atoms with Crippen molar-refractivity contribution in [3.63, 3.8) is 0 Å². The second-order valence-corrected chi connectivity index (χ2v) is 7.90. The van der Waals surface area contributed by atoms with Crippen LogP contribution in [0.15, 0.2) is 46.6 Å². The van der Waals surface area contributed by atoms with Crippen molar-refractivity contribution in [1.82, 2.24) is 15.3 Å². The van der Waals surface area contributed by atoms with E-state index >= 15 is 0 Å². The Bertz CT molecular complexity index is 1360. The molecule has 1 aromatic carbocycles. The molecule has 4 N–H and O–H groups in total. The first-order valence-corrected chi connectivity index (χ1v) is 10.8. The maximum Gasteiger partial charge on any atom is 0.250 e. The average Bonchev–Trinajstić information content (AvgIpc) is 3.34. The van der Waals surface area contributed by atoms with Crippen LogP contribution in [0.2, 0.25) is 0 Å². The summed E-state index contributed by atoms with van der Waals surface area (Å²) in [7, 11) is 3.16. The molecule has 8 nitrogen and oxygen atoms in total. The summed E-state index contributed by atoms with van der Waals surface area (Å²) in [6, 6.07) is 9.30. The number of rotatable bonds is 6. The van der Waals surface area contributed by atoms with Crippen LogP contribution in [-0.4, -0.2) is 41.7 Å². The number of fused-ring (bicyclic) bond motifs is 1. The molecule has 1 aliphatic heterocycles. The number of hydrogen-bond acceptors (Lipinski definition) is 5. The molecule has 33 heavy (non-hydrogen) atoms. The van der Waals surface area contributed by atoms with Gasteiger partial charge in [-0.25, -0.2) is 4.99 Å². The Morgan fingerprint density at radius 2 is 1.97 bits per heavy atom. The van der Waals surface area contributed by atoms with Gasteiger partial charge in [0.25, 0.3) is 0 Å². The molecule has 0 radical (unpaired) electrons. The van der Waals surface area contributed by atoms with Gasteiger partial charge in [0.1, 0.15) is 22.7 Å². The lowest BCUT2D eigenvalue weighted by Gasteiger charge is -2.25. The van der Waals surface area contributed by atoms with Crippen LogP contribution in [0.1, 0.15) is 42.3 Å². The third-order valence-electron chi connectivity index (χ3n) is 5.75. The monoisotopic (exact) mass is 448 g/mol. The van der Waals surface area contributed by atoms with Crippen LogP contribution in [-0.2, 0) is 4.79 Å². The first-order valence-electron chi connectivity index (χ1n) is 10.8. The zero-order valence-corrected chi connectivity index (χ0v) is 19.4. The van der Waals surface area contributed by atoms with Crippen molar-refractivity contribution in [1.29, 1.82) is 0 Å². The number of benzene rings is 1. The van der Waals surface area contributed by atoms with Crippen molar-refractivity contribution >= 4 is 12.0 Å². The molecule has 0 bridgehead atoms. The van der Waals surface area contributed by atoms with Crippen molar-refractivity contribution < 1.29 is 19.4 Å². The fourth-order valence-corrected chi connectivity index (χ4v) is 4.25. The number of nitrogens with zero attached hydrogens (tertiary/aromatic N) is 1. The van der Waals surface area contributed by atoms with Crippen LogP contribution in [0.25, 0.3) is 6.08 Å². The number of likely N-dealkylation sites (N-methyl/N-ethyl adjacent to an activating group) is 1. The Morgan fingerprint density at radius 3 is 2.61 bits per heavy atom. The Morgan fingerprint density at radius 1 is 1.18 bits per heavy atom. The van der Waals surface area contributed by atoms with Gasteiger partial charge >= 0.3 is 0 Å². The molecular weight excluding hydrogens is 420 g/mol. The lowest BCUT2D eigenvalue weighted by atomic mass is 9.82. The summed E-state index contributed by atoms with van der Waals surface area (Å²) < 4.78 is 11.1. The van der Waals surface area contributed by atoms with Crippen LogP contribution in [0, 0.1) is 6.92 Å². The van der Waals surface area contributed by atoms with Gasteiger partial charge in [0.05, 0.1) is 36.6 Å². The number of H-pyrrole nitrogens is 2. The van der Waals surface area contributed by atoms with Crippen molar-refractivity contribution in [2.75, 3.05) is 20.8 Å².